The van der Waals surface area contributed by atoms with Crippen molar-refractivity contribution < 1.29 is 14.0 Å². The highest BCUT2D eigenvalue weighted by atomic mass is 29.3. The van der Waals surface area contributed by atoms with E-state index in [1.54, 1.807) is 13.8 Å². The van der Waals surface area contributed by atoms with Gasteiger partial charge in [0.25, 0.3) is 0 Å². The van der Waals surface area contributed by atoms with Gasteiger partial charge in [0, 0.05) is 0 Å². The van der Waals surface area contributed by atoms with Crippen LogP contribution in [0.2, 0.25) is 32.2 Å². The maximum absolute atomic E-state index is 13.2. The van der Waals surface area contributed by atoms with Crippen molar-refractivity contribution in [1.29, 1.82) is 0 Å². The van der Waals surface area contributed by atoms with Crippen LogP contribution in [0.3, 0.4) is 0 Å². The van der Waals surface area contributed by atoms with Crippen molar-refractivity contribution in [3.8, 4) is 0 Å². The first-order chi connectivity index (χ1) is 10.8. The molecule has 0 amide bonds. The van der Waals surface area contributed by atoms with E-state index in [0.717, 1.165) is 18.9 Å². The Kier molecular flexibility index (Phi) is 6.39. The fourth-order valence-corrected chi connectivity index (χ4v) is 10.2. The van der Waals surface area contributed by atoms with Crippen LogP contribution >= 0.6 is 0 Å². The molecular weight excluding hydrogens is 332 g/mol. The van der Waals surface area contributed by atoms with Crippen LogP contribution in [0.15, 0.2) is 24.3 Å². The molecule has 0 radical (unpaired) electrons. The van der Waals surface area contributed by atoms with E-state index < -0.39 is 20.8 Å². The van der Waals surface area contributed by atoms with Crippen molar-refractivity contribution in [3.63, 3.8) is 0 Å². The van der Waals surface area contributed by atoms with Gasteiger partial charge < -0.3 is 4.43 Å². The van der Waals surface area contributed by atoms with E-state index in [0.29, 0.717) is 17.6 Å². The molecule has 1 aliphatic heterocycles. The first-order valence-electron chi connectivity index (χ1n) is 8.92. The van der Waals surface area contributed by atoms with Gasteiger partial charge >= 0.3 is 0 Å². The predicted octanol–water partition coefficient (Wildman–Crippen LogP) is 4.84. The Bertz CT molecular complexity index is 535. The van der Waals surface area contributed by atoms with Gasteiger partial charge in [-0.05, 0) is 50.9 Å². The molecule has 0 spiro atoms. The molecule has 136 valence electrons. The number of Topliss-reactive ketones (excluding diaryl/α,β-unsaturated/α-hetero) is 2. The normalized spacial score (nSPS) is 22.7. The number of rotatable bonds is 7. The zero-order valence-corrected chi connectivity index (χ0v) is 18.5. The summed E-state index contributed by atoms with van der Waals surface area (Å²) in [5, 5.41) is 0. The van der Waals surface area contributed by atoms with E-state index in [-0.39, 0.29) is 17.7 Å². The quantitative estimate of drug-likeness (QED) is 0.368. The monoisotopic (exact) mass is 366 g/mol. The summed E-state index contributed by atoms with van der Waals surface area (Å²) in [6, 6.07) is 1.11. The van der Waals surface area contributed by atoms with E-state index in [2.05, 4.69) is 39.3 Å². The zero-order chi connectivity index (χ0) is 18.9. The van der Waals surface area contributed by atoms with Gasteiger partial charge in [0.1, 0.15) is 5.41 Å². The Morgan fingerprint density at radius 1 is 1.08 bits per heavy atom. The predicted molar refractivity (Wildman–Crippen MR) is 106 cm³/mol. The molecule has 1 rings (SSSR count). The van der Waals surface area contributed by atoms with Crippen molar-refractivity contribution in [2.75, 3.05) is 0 Å². The molecule has 0 bridgehead atoms. The van der Waals surface area contributed by atoms with Gasteiger partial charge in [-0.15, -0.1) is 0 Å². The third-order valence-corrected chi connectivity index (χ3v) is 22.4. The third kappa shape index (κ3) is 3.58. The van der Waals surface area contributed by atoms with Gasteiger partial charge in [0.05, 0.1) is 13.7 Å². The molecule has 1 saturated heterocycles. The molecule has 0 aliphatic carbocycles. The average molecular weight is 367 g/mol. The lowest BCUT2D eigenvalue weighted by Crippen LogP contribution is -2.66. The Morgan fingerprint density at radius 2 is 1.54 bits per heavy atom. The van der Waals surface area contributed by atoms with Crippen LogP contribution in [0.5, 0.6) is 0 Å². The van der Waals surface area contributed by atoms with E-state index in [9.17, 15) is 9.59 Å². The Labute approximate surface area is 149 Å². The van der Waals surface area contributed by atoms with Gasteiger partial charge in [-0.25, -0.2) is 0 Å². The van der Waals surface area contributed by atoms with Crippen molar-refractivity contribution in [2.45, 2.75) is 78.4 Å². The largest absolute Gasteiger partial charge is 0.416 e. The molecule has 0 N–H and O–H groups in total. The summed E-state index contributed by atoms with van der Waals surface area (Å²) >= 11 is 0. The van der Waals surface area contributed by atoms with Crippen LogP contribution in [-0.4, -0.2) is 33.1 Å². The highest BCUT2D eigenvalue weighted by Crippen LogP contribution is 2.45. The summed E-state index contributed by atoms with van der Waals surface area (Å²) in [5.74, 6) is -0.318. The van der Waals surface area contributed by atoms with Crippen molar-refractivity contribution in [3.05, 3.63) is 24.3 Å². The standard InChI is InChI=1S/C19H34O3Si2/c1-10-12-19(17(20)14(2)3,18(21)15(4)5)16-11-13-23(6,7)24(8,9)22-16/h16H,2,4,10-13H2,1,3,5-9H3. The molecule has 0 aromatic carbocycles. The summed E-state index contributed by atoms with van der Waals surface area (Å²) in [7, 11) is -3.34. The summed E-state index contributed by atoms with van der Waals surface area (Å²) in [6.07, 6.45) is 1.70. The van der Waals surface area contributed by atoms with Crippen molar-refractivity contribution in [1.82, 2.24) is 0 Å². The molecule has 24 heavy (non-hydrogen) atoms. The first-order valence-corrected chi connectivity index (χ1v) is 16.0. The van der Waals surface area contributed by atoms with Crippen LogP contribution in [0.25, 0.3) is 0 Å². The molecule has 1 aliphatic rings. The maximum Gasteiger partial charge on any atom is 0.174 e. The van der Waals surface area contributed by atoms with Crippen LogP contribution in [0, 0.1) is 5.41 Å². The summed E-state index contributed by atoms with van der Waals surface area (Å²) in [4.78, 5) is 26.3. The Hall–Kier alpha value is -0.786. The number of carbonyl (C=O) groups is 2. The highest BCUT2D eigenvalue weighted by Gasteiger charge is 2.57. The number of hydrogen-bond acceptors (Lipinski definition) is 3. The number of hydrogen-bond donors (Lipinski definition) is 0. The van der Waals surface area contributed by atoms with E-state index in [1.807, 2.05) is 6.92 Å². The Morgan fingerprint density at radius 3 is 1.88 bits per heavy atom. The van der Waals surface area contributed by atoms with Gasteiger partial charge in [0.15, 0.2) is 19.4 Å². The lowest BCUT2D eigenvalue weighted by Gasteiger charge is -2.51. The maximum atomic E-state index is 13.2. The van der Waals surface area contributed by atoms with Crippen molar-refractivity contribution in [2.24, 2.45) is 5.41 Å². The van der Waals surface area contributed by atoms with Crippen LogP contribution in [0.4, 0.5) is 0 Å². The van der Waals surface area contributed by atoms with Gasteiger partial charge in [-0.2, -0.15) is 0 Å². The van der Waals surface area contributed by atoms with E-state index in [1.165, 1.54) is 0 Å². The van der Waals surface area contributed by atoms with Crippen LogP contribution < -0.4 is 0 Å². The molecule has 0 saturated carbocycles. The lowest BCUT2D eigenvalue weighted by atomic mass is 9.67. The molecule has 0 aromatic heterocycles. The second-order valence-corrected chi connectivity index (χ2v) is 23.7. The second kappa shape index (κ2) is 7.22. The van der Waals surface area contributed by atoms with Gasteiger partial charge in [-0.1, -0.05) is 45.6 Å². The zero-order valence-electron chi connectivity index (χ0n) is 16.5. The van der Waals surface area contributed by atoms with Crippen LogP contribution in [0.1, 0.15) is 40.0 Å². The smallest absolute Gasteiger partial charge is 0.174 e. The molecule has 3 nitrogen and oxygen atoms in total. The highest BCUT2D eigenvalue weighted by molar-refractivity contribution is 7.38. The molecule has 1 fully saturated rings. The lowest BCUT2D eigenvalue weighted by molar-refractivity contribution is -0.144. The SMILES string of the molecule is C=C(C)C(=O)C(CCC)(C(=O)C(=C)C)C1CC[Si](C)(C)[Si](C)(C)O1. The van der Waals surface area contributed by atoms with Gasteiger partial charge in [0.2, 0.25) is 0 Å². The van der Waals surface area contributed by atoms with E-state index in [4.69, 9.17) is 4.43 Å². The first kappa shape index (κ1) is 21.3. The molecule has 1 heterocycles. The molecular formula is C19H34O3Si2. The number of carbonyl (C=O) groups excluding carboxylic acids is 2. The third-order valence-electron chi connectivity index (χ3n) is 5.88. The fourth-order valence-electron chi connectivity index (χ4n) is 3.65. The fraction of sp³-hybridized carbons (Fsp3) is 0.684. The number of allylic oxidation sites excluding steroid dienone is 2. The van der Waals surface area contributed by atoms with Gasteiger partial charge in [-0.3, -0.25) is 9.59 Å². The van der Waals surface area contributed by atoms with Crippen LogP contribution in [-0.2, 0) is 14.0 Å². The average Bonchev–Trinajstić information content (AvgIpc) is 2.46. The topological polar surface area (TPSA) is 43.4 Å². The van der Waals surface area contributed by atoms with Crippen molar-refractivity contribution >= 4 is 27.0 Å². The number of ketones is 2. The molecule has 1 unspecified atom stereocenters. The molecule has 1 atom stereocenters. The minimum absolute atomic E-state index is 0.159. The summed E-state index contributed by atoms with van der Waals surface area (Å²) in [5.41, 5.74) is -0.270. The Balaban J connectivity index is 3.47. The van der Waals surface area contributed by atoms with E-state index >= 15 is 0 Å². The molecule has 0 aromatic rings. The summed E-state index contributed by atoms with van der Waals surface area (Å²) < 4.78 is 6.63. The second-order valence-electron chi connectivity index (χ2n) is 8.48. The molecule has 5 heteroatoms. The minimum atomic E-state index is -1.91. The summed E-state index contributed by atoms with van der Waals surface area (Å²) in [6.45, 7) is 22.3. The minimum Gasteiger partial charge on any atom is -0.416 e.